The molecule has 0 saturated heterocycles. The molecule has 0 aliphatic rings. The molecule has 0 radical (unpaired) electrons. The predicted octanol–water partition coefficient (Wildman–Crippen LogP) is 1.77. The smallest absolute Gasteiger partial charge is 0.267 e. The second kappa shape index (κ2) is 4.84. The molecule has 0 bridgehead atoms. The number of carbonyl (C=O) groups excluding carboxylic acids is 1. The predicted molar refractivity (Wildman–Crippen MR) is 85.1 cm³/mol. The fourth-order valence-corrected chi connectivity index (χ4v) is 2.85. The molecule has 0 spiro atoms. The lowest BCUT2D eigenvalue weighted by molar-refractivity contribution is 0.0996. The zero-order valence-corrected chi connectivity index (χ0v) is 12.0. The molecule has 1 amide bonds. The third-order valence-electron chi connectivity index (χ3n) is 3.83. The summed E-state index contributed by atoms with van der Waals surface area (Å²) in [6.07, 6.45) is 1.66. The number of phenolic OH excluding ortho intramolecular Hbond substituents is 1. The molecule has 2 heterocycles. The van der Waals surface area contributed by atoms with Crippen LogP contribution in [0.15, 0.2) is 42.6 Å². The largest absolute Gasteiger partial charge is 0.508 e. The second-order valence-corrected chi connectivity index (χ2v) is 5.35. The fourth-order valence-electron chi connectivity index (χ4n) is 2.85. The number of hydrogen-bond acceptors (Lipinski definition) is 4. The highest BCUT2D eigenvalue weighted by Gasteiger charge is 2.16. The molecule has 2 aromatic carbocycles. The van der Waals surface area contributed by atoms with E-state index in [-0.39, 0.29) is 5.75 Å². The summed E-state index contributed by atoms with van der Waals surface area (Å²) < 4.78 is 1.82. The number of fused-ring (bicyclic) bond motifs is 3. The minimum absolute atomic E-state index is 0.191. The Kier molecular flexibility index (Phi) is 2.80. The molecule has 4 N–H and O–H groups in total. The first-order valence-corrected chi connectivity index (χ1v) is 7.04. The number of phenols is 1. The molecule has 2 aromatic heterocycles. The van der Waals surface area contributed by atoms with Crippen molar-refractivity contribution in [3.05, 3.63) is 53.9 Å². The van der Waals surface area contributed by atoms with Crippen molar-refractivity contribution in [2.24, 2.45) is 5.73 Å². The Bertz CT molecular complexity index is 1050. The molecule has 0 aliphatic carbocycles. The summed E-state index contributed by atoms with van der Waals surface area (Å²) in [5.74, 6) is -0.340. The zero-order chi connectivity index (χ0) is 16.0. The topological polar surface area (TPSA) is 110 Å². The van der Waals surface area contributed by atoms with Crippen molar-refractivity contribution < 1.29 is 9.90 Å². The standard InChI is InChI=1S/C16H13N5O2/c17-16(23)14-11-4-5-13-12(7-18-19-13)15(11)21(20-14)8-9-2-1-3-10(22)6-9/h1-7,20,22H,8H2,(H2,17,23). The van der Waals surface area contributed by atoms with E-state index in [0.717, 1.165) is 27.4 Å². The van der Waals surface area contributed by atoms with Gasteiger partial charge in [-0.05, 0) is 29.8 Å². The van der Waals surface area contributed by atoms with Crippen LogP contribution in [0.5, 0.6) is 5.75 Å². The molecule has 7 nitrogen and oxygen atoms in total. The normalized spacial score (nSPS) is 11.3. The molecule has 0 unspecified atom stereocenters. The number of nitrogens with two attached hydrogens (primary N) is 1. The first kappa shape index (κ1) is 13.3. The van der Waals surface area contributed by atoms with Gasteiger partial charge in [0.25, 0.3) is 5.91 Å². The number of aromatic nitrogens is 4. The van der Waals surface area contributed by atoms with E-state index in [9.17, 15) is 9.90 Å². The van der Waals surface area contributed by atoms with Crippen LogP contribution in [-0.2, 0) is 6.54 Å². The van der Waals surface area contributed by atoms with Gasteiger partial charge in [0, 0.05) is 10.8 Å². The minimum Gasteiger partial charge on any atom is -0.508 e. The van der Waals surface area contributed by atoms with Crippen molar-refractivity contribution in [2.45, 2.75) is 6.54 Å². The number of amides is 1. The van der Waals surface area contributed by atoms with Crippen molar-refractivity contribution in [3.63, 3.8) is 0 Å². The van der Waals surface area contributed by atoms with Crippen LogP contribution in [0.2, 0.25) is 0 Å². The van der Waals surface area contributed by atoms with Gasteiger partial charge in [-0.1, -0.05) is 12.1 Å². The van der Waals surface area contributed by atoms with E-state index in [0.29, 0.717) is 12.2 Å². The molecule has 114 valence electrons. The number of hydrogen-bond donors (Lipinski definition) is 3. The lowest BCUT2D eigenvalue weighted by Gasteiger charge is -2.06. The summed E-state index contributed by atoms with van der Waals surface area (Å²) in [6.45, 7) is 0.447. The van der Waals surface area contributed by atoms with Gasteiger partial charge in [-0.25, -0.2) is 0 Å². The van der Waals surface area contributed by atoms with Crippen molar-refractivity contribution in [1.29, 1.82) is 0 Å². The molecule has 4 aromatic rings. The molecule has 0 fully saturated rings. The first-order chi connectivity index (χ1) is 11.1. The molecule has 0 saturated carbocycles. The summed E-state index contributed by atoms with van der Waals surface area (Å²) in [6, 6.07) is 10.6. The van der Waals surface area contributed by atoms with Gasteiger partial charge in [0.2, 0.25) is 0 Å². The minimum atomic E-state index is -0.531. The maximum absolute atomic E-state index is 11.7. The van der Waals surface area contributed by atoms with Gasteiger partial charge in [0.05, 0.1) is 23.8 Å². The van der Waals surface area contributed by atoms with Crippen LogP contribution in [0.25, 0.3) is 21.8 Å². The van der Waals surface area contributed by atoms with Crippen LogP contribution in [0.1, 0.15) is 16.1 Å². The average molecular weight is 307 g/mol. The van der Waals surface area contributed by atoms with E-state index in [1.54, 1.807) is 24.4 Å². The maximum Gasteiger partial charge on any atom is 0.267 e. The van der Waals surface area contributed by atoms with Crippen LogP contribution in [0.4, 0.5) is 0 Å². The van der Waals surface area contributed by atoms with Gasteiger partial charge in [0.1, 0.15) is 11.4 Å². The van der Waals surface area contributed by atoms with Gasteiger partial charge in [-0.3, -0.25) is 14.6 Å². The van der Waals surface area contributed by atoms with Crippen molar-refractivity contribution >= 4 is 27.7 Å². The van der Waals surface area contributed by atoms with E-state index >= 15 is 0 Å². The Labute approximate surface area is 130 Å². The number of nitrogens with one attached hydrogen (secondary N) is 1. The van der Waals surface area contributed by atoms with Crippen molar-refractivity contribution in [2.75, 3.05) is 0 Å². The van der Waals surface area contributed by atoms with E-state index in [1.807, 2.05) is 22.9 Å². The summed E-state index contributed by atoms with van der Waals surface area (Å²) >= 11 is 0. The van der Waals surface area contributed by atoms with E-state index in [4.69, 9.17) is 5.73 Å². The SMILES string of the molecule is NC(=O)c1[nH]n(Cc2cccc(O)c2)c2c1ccc1nncc12. The van der Waals surface area contributed by atoms with Gasteiger partial charge in [-0.2, -0.15) is 10.2 Å². The zero-order valence-electron chi connectivity index (χ0n) is 12.0. The number of aromatic hydroxyl groups is 1. The number of aromatic amines is 1. The highest BCUT2D eigenvalue weighted by molar-refractivity contribution is 6.12. The Morgan fingerprint density at radius 3 is 2.91 bits per heavy atom. The van der Waals surface area contributed by atoms with Crippen LogP contribution in [-0.4, -0.2) is 31.0 Å². The van der Waals surface area contributed by atoms with E-state index in [1.165, 1.54) is 0 Å². The Hall–Kier alpha value is -3.35. The quantitative estimate of drug-likeness (QED) is 0.535. The summed E-state index contributed by atoms with van der Waals surface area (Å²) in [5, 5.41) is 22.2. The van der Waals surface area contributed by atoms with E-state index < -0.39 is 5.91 Å². The molecule has 0 atom stereocenters. The van der Waals surface area contributed by atoms with Crippen LogP contribution in [0.3, 0.4) is 0 Å². The third-order valence-corrected chi connectivity index (χ3v) is 3.83. The summed E-state index contributed by atoms with van der Waals surface area (Å²) in [4.78, 5) is 11.7. The van der Waals surface area contributed by atoms with Crippen molar-refractivity contribution in [3.8, 4) is 5.75 Å². The monoisotopic (exact) mass is 307 g/mol. The second-order valence-electron chi connectivity index (χ2n) is 5.35. The first-order valence-electron chi connectivity index (χ1n) is 7.04. The van der Waals surface area contributed by atoms with Gasteiger partial charge >= 0.3 is 0 Å². The number of rotatable bonds is 3. The maximum atomic E-state index is 11.7. The Balaban J connectivity index is 1.97. The van der Waals surface area contributed by atoms with Crippen LogP contribution < -0.4 is 5.73 Å². The average Bonchev–Trinajstić information content (AvgIpc) is 3.11. The van der Waals surface area contributed by atoms with Crippen LogP contribution in [0, 0.1) is 0 Å². The van der Waals surface area contributed by atoms with Gasteiger partial charge in [0.15, 0.2) is 0 Å². The number of carbonyl (C=O) groups is 1. The molecular weight excluding hydrogens is 294 g/mol. The van der Waals surface area contributed by atoms with E-state index in [2.05, 4.69) is 15.3 Å². The summed E-state index contributed by atoms with van der Waals surface area (Å²) in [5.41, 5.74) is 8.26. The number of nitrogens with zero attached hydrogens (tertiary/aromatic N) is 3. The Morgan fingerprint density at radius 1 is 1.26 bits per heavy atom. The lowest BCUT2D eigenvalue weighted by atomic mass is 10.1. The van der Waals surface area contributed by atoms with Gasteiger partial charge in [-0.15, -0.1) is 0 Å². The lowest BCUT2D eigenvalue weighted by Crippen LogP contribution is -2.13. The molecule has 7 heteroatoms. The van der Waals surface area contributed by atoms with Crippen LogP contribution >= 0.6 is 0 Å². The molecule has 0 aliphatic heterocycles. The molecule has 4 rings (SSSR count). The van der Waals surface area contributed by atoms with Crippen molar-refractivity contribution in [1.82, 2.24) is 20.0 Å². The molecule has 23 heavy (non-hydrogen) atoms. The Morgan fingerprint density at radius 2 is 2.13 bits per heavy atom. The van der Waals surface area contributed by atoms with Gasteiger partial charge < -0.3 is 10.8 Å². The number of H-pyrrole nitrogens is 1. The third kappa shape index (κ3) is 2.10. The fraction of sp³-hybridized carbons (Fsp3) is 0.0625. The highest BCUT2D eigenvalue weighted by Crippen LogP contribution is 2.27. The molecular formula is C16H13N5O2. The number of benzene rings is 2. The number of primary amides is 1. The summed E-state index contributed by atoms with van der Waals surface area (Å²) in [7, 11) is 0. The highest BCUT2D eigenvalue weighted by atomic mass is 16.3.